The third-order valence-corrected chi connectivity index (χ3v) is 2.60. The summed E-state index contributed by atoms with van der Waals surface area (Å²) in [7, 11) is 0. The fraction of sp³-hybridized carbons (Fsp3) is 0.0769. The van der Waals surface area contributed by atoms with Crippen LogP contribution in [0.2, 0.25) is 0 Å². The minimum Gasteiger partial charge on any atom is -0.406 e. The molecule has 0 bridgehead atoms. The average Bonchev–Trinajstić information content (AvgIpc) is 2.40. The highest BCUT2D eigenvalue weighted by molar-refractivity contribution is 7.80. The number of benzene rings is 1. The smallest absolute Gasteiger partial charge is 0.406 e. The van der Waals surface area contributed by atoms with Gasteiger partial charge in [-0.05, 0) is 36.4 Å². The van der Waals surface area contributed by atoms with Gasteiger partial charge in [0.05, 0.1) is 17.6 Å². The number of nitrogens with zero attached hydrogens (tertiary/aromatic N) is 1. The molecule has 0 aliphatic rings. The van der Waals surface area contributed by atoms with Gasteiger partial charge >= 0.3 is 6.36 Å². The summed E-state index contributed by atoms with van der Waals surface area (Å²) in [5.41, 5.74) is 7.16. The second-order valence-electron chi connectivity index (χ2n) is 3.99. The van der Waals surface area contributed by atoms with Crippen LogP contribution in [0.1, 0.15) is 5.69 Å². The summed E-state index contributed by atoms with van der Waals surface area (Å²) in [5.74, 6) is -0.282. The van der Waals surface area contributed by atoms with E-state index in [-0.39, 0.29) is 10.7 Å². The van der Waals surface area contributed by atoms with E-state index in [0.29, 0.717) is 17.1 Å². The highest BCUT2D eigenvalue weighted by Gasteiger charge is 2.30. The number of pyridine rings is 1. The topological polar surface area (TPSA) is 60.2 Å². The van der Waals surface area contributed by atoms with Gasteiger partial charge < -0.3 is 15.8 Å². The first kappa shape index (κ1) is 15.0. The van der Waals surface area contributed by atoms with E-state index < -0.39 is 6.36 Å². The number of anilines is 2. The Balaban J connectivity index is 2.04. The number of aromatic nitrogens is 1. The molecule has 0 fully saturated rings. The number of ether oxygens (including phenoxy) is 1. The van der Waals surface area contributed by atoms with E-state index >= 15 is 0 Å². The van der Waals surface area contributed by atoms with Crippen molar-refractivity contribution < 1.29 is 17.9 Å². The van der Waals surface area contributed by atoms with Gasteiger partial charge in [-0.3, -0.25) is 4.98 Å². The SMILES string of the molecule is NC(=S)c1ccc(Nc2ccc(OC(F)(F)F)cc2)cn1. The third-order valence-electron chi connectivity index (χ3n) is 2.39. The molecule has 0 saturated carbocycles. The molecular weight excluding hydrogens is 303 g/mol. The highest BCUT2D eigenvalue weighted by atomic mass is 32.1. The number of halogens is 3. The predicted octanol–water partition coefficient (Wildman–Crippen LogP) is 3.36. The van der Waals surface area contributed by atoms with Crippen LogP contribution in [-0.2, 0) is 0 Å². The lowest BCUT2D eigenvalue weighted by molar-refractivity contribution is -0.274. The minimum absolute atomic E-state index is 0.190. The van der Waals surface area contributed by atoms with Gasteiger partial charge in [0.1, 0.15) is 10.7 Å². The number of alkyl halides is 3. The second kappa shape index (κ2) is 5.96. The number of nitrogens with one attached hydrogen (secondary N) is 1. The molecule has 1 aromatic heterocycles. The maximum Gasteiger partial charge on any atom is 0.573 e. The molecule has 2 aromatic rings. The summed E-state index contributed by atoms with van der Waals surface area (Å²) in [6.45, 7) is 0. The molecule has 1 aromatic carbocycles. The van der Waals surface area contributed by atoms with Crippen molar-refractivity contribution in [3.8, 4) is 5.75 Å². The van der Waals surface area contributed by atoms with E-state index in [1.54, 1.807) is 12.1 Å². The van der Waals surface area contributed by atoms with Crippen LogP contribution in [0.5, 0.6) is 5.75 Å². The lowest BCUT2D eigenvalue weighted by Gasteiger charge is -2.10. The third kappa shape index (κ3) is 4.60. The first-order chi connectivity index (χ1) is 9.83. The lowest BCUT2D eigenvalue weighted by atomic mass is 10.2. The molecule has 0 radical (unpaired) electrons. The van der Waals surface area contributed by atoms with Crippen molar-refractivity contribution in [2.24, 2.45) is 5.73 Å². The molecule has 3 N–H and O–H groups in total. The predicted molar refractivity (Wildman–Crippen MR) is 76.5 cm³/mol. The van der Waals surface area contributed by atoms with Crippen molar-refractivity contribution in [1.82, 2.24) is 4.98 Å². The average molecular weight is 313 g/mol. The van der Waals surface area contributed by atoms with Gasteiger partial charge in [-0.25, -0.2) is 0 Å². The molecule has 0 spiro atoms. The number of hydrogen-bond donors (Lipinski definition) is 2. The summed E-state index contributed by atoms with van der Waals surface area (Å²) in [6.07, 6.45) is -3.18. The summed E-state index contributed by atoms with van der Waals surface area (Å²) < 4.78 is 39.9. The van der Waals surface area contributed by atoms with Crippen molar-refractivity contribution in [3.63, 3.8) is 0 Å². The zero-order valence-corrected chi connectivity index (χ0v) is 11.3. The molecule has 2 rings (SSSR count). The van der Waals surface area contributed by atoms with Crippen molar-refractivity contribution in [2.75, 3.05) is 5.32 Å². The van der Waals surface area contributed by atoms with Gasteiger partial charge in [0, 0.05) is 5.69 Å². The van der Waals surface area contributed by atoms with Crippen molar-refractivity contribution in [3.05, 3.63) is 48.3 Å². The van der Waals surface area contributed by atoms with Crippen LogP contribution in [0, 0.1) is 0 Å². The van der Waals surface area contributed by atoms with Gasteiger partial charge in [0.2, 0.25) is 0 Å². The Bertz CT molecular complexity index is 627. The molecule has 0 amide bonds. The number of rotatable bonds is 4. The molecule has 0 atom stereocenters. The van der Waals surface area contributed by atoms with Gasteiger partial charge in [0.25, 0.3) is 0 Å². The molecule has 8 heteroatoms. The van der Waals surface area contributed by atoms with Crippen LogP contribution in [0.15, 0.2) is 42.6 Å². The van der Waals surface area contributed by atoms with Crippen LogP contribution in [0.4, 0.5) is 24.5 Å². The van der Waals surface area contributed by atoms with Crippen LogP contribution in [0.25, 0.3) is 0 Å². The highest BCUT2D eigenvalue weighted by Crippen LogP contribution is 2.25. The number of hydrogen-bond acceptors (Lipinski definition) is 4. The Hall–Kier alpha value is -2.35. The Kier molecular flexibility index (Phi) is 4.27. The fourth-order valence-corrected chi connectivity index (χ4v) is 1.64. The van der Waals surface area contributed by atoms with Gasteiger partial charge in [-0.1, -0.05) is 12.2 Å². The van der Waals surface area contributed by atoms with E-state index in [4.69, 9.17) is 18.0 Å². The molecule has 1 heterocycles. The maximum atomic E-state index is 12.0. The Morgan fingerprint density at radius 3 is 2.19 bits per heavy atom. The van der Waals surface area contributed by atoms with Crippen molar-refractivity contribution >= 4 is 28.6 Å². The van der Waals surface area contributed by atoms with Gasteiger partial charge in [-0.15, -0.1) is 13.2 Å². The van der Waals surface area contributed by atoms with E-state index in [2.05, 4.69) is 15.0 Å². The van der Waals surface area contributed by atoms with E-state index in [0.717, 1.165) is 0 Å². The van der Waals surface area contributed by atoms with Gasteiger partial charge in [0.15, 0.2) is 0 Å². The van der Waals surface area contributed by atoms with Crippen molar-refractivity contribution in [1.29, 1.82) is 0 Å². The Labute approximate surface area is 123 Å². The standard InChI is InChI=1S/C13H10F3N3OS/c14-13(15,16)20-10-4-1-8(2-5-10)19-9-3-6-11(12(17)21)18-7-9/h1-7,19H,(H2,17,21). The quantitative estimate of drug-likeness (QED) is 0.848. The molecule has 4 nitrogen and oxygen atoms in total. The van der Waals surface area contributed by atoms with E-state index in [1.807, 2.05) is 0 Å². The first-order valence-electron chi connectivity index (χ1n) is 5.72. The molecule has 0 unspecified atom stereocenters. The van der Waals surface area contributed by atoms with Crippen LogP contribution in [0.3, 0.4) is 0 Å². The molecule has 0 aliphatic carbocycles. The van der Waals surface area contributed by atoms with Crippen molar-refractivity contribution in [2.45, 2.75) is 6.36 Å². The summed E-state index contributed by atoms with van der Waals surface area (Å²) in [4.78, 5) is 4.23. The molecule has 0 aliphatic heterocycles. The number of nitrogens with two attached hydrogens (primary N) is 1. The molecule has 21 heavy (non-hydrogen) atoms. The molecular formula is C13H10F3N3OS. The lowest BCUT2D eigenvalue weighted by Crippen LogP contribution is -2.16. The van der Waals surface area contributed by atoms with Crippen LogP contribution in [-0.4, -0.2) is 16.3 Å². The van der Waals surface area contributed by atoms with Crippen LogP contribution < -0.4 is 15.8 Å². The van der Waals surface area contributed by atoms with Gasteiger partial charge in [-0.2, -0.15) is 0 Å². The fourth-order valence-electron chi connectivity index (χ4n) is 1.52. The summed E-state index contributed by atoms with van der Waals surface area (Å²) in [6, 6.07) is 8.71. The minimum atomic E-state index is -4.70. The van der Waals surface area contributed by atoms with E-state index in [9.17, 15) is 13.2 Å². The Morgan fingerprint density at radius 1 is 1.10 bits per heavy atom. The first-order valence-corrected chi connectivity index (χ1v) is 6.13. The normalized spacial score (nSPS) is 11.0. The second-order valence-corrected chi connectivity index (χ2v) is 4.43. The maximum absolute atomic E-state index is 12.0. The summed E-state index contributed by atoms with van der Waals surface area (Å²) in [5, 5.41) is 2.98. The zero-order chi connectivity index (χ0) is 15.5. The molecule has 0 saturated heterocycles. The van der Waals surface area contributed by atoms with Crippen LogP contribution >= 0.6 is 12.2 Å². The monoisotopic (exact) mass is 313 g/mol. The van der Waals surface area contributed by atoms with E-state index in [1.165, 1.54) is 30.5 Å². The Morgan fingerprint density at radius 2 is 1.71 bits per heavy atom. The number of thiocarbonyl (C=S) groups is 1. The zero-order valence-electron chi connectivity index (χ0n) is 10.5. The summed E-state index contributed by atoms with van der Waals surface area (Å²) >= 11 is 4.78. The largest absolute Gasteiger partial charge is 0.573 e. The molecule has 110 valence electrons.